The summed E-state index contributed by atoms with van der Waals surface area (Å²) < 4.78 is 4.94. The molecule has 0 spiro atoms. The summed E-state index contributed by atoms with van der Waals surface area (Å²) in [5.41, 5.74) is 4.01. The number of azo groups is 1. The molecule has 3 aromatic rings. The van der Waals surface area contributed by atoms with Gasteiger partial charge < -0.3 is 15.0 Å². The Balaban J connectivity index is 1.59. The van der Waals surface area contributed by atoms with Crippen LogP contribution in [0.4, 0.5) is 22.7 Å². The molecule has 0 atom stereocenters. The number of carbonyl (C=O) groups is 2. The Labute approximate surface area is 181 Å². The van der Waals surface area contributed by atoms with Crippen molar-refractivity contribution in [2.24, 2.45) is 10.2 Å². The van der Waals surface area contributed by atoms with Crippen molar-refractivity contribution < 1.29 is 14.3 Å². The molecule has 0 radical (unpaired) electrons. The number of hydrogen-bond acceptors (Lipinski definition) is 6. The van der Waals surface area contributed by atoms with Gasteiger partial charge in [0.05, 0.1) is 23.5 Å². The van der Waals surface area contributed by atoms with Gasteiger partial charge in [-0.1, -0.05) is 0 Å². The molecule has 1 amide bonds. The first-order valence-electron chi connectivity index (χ1n) is 9.84. The molecule has 158 valence electrons. The highest BCUT2D eigenvalue weighted by atomic mass is 16.5. The maximum atomic E-state index is 12.4. The molecule has 7 nitrogen and oxygen atoms in total. The first-order chi connectivity index (χ1) is 15.0. The van der Waals surface area contributed by atoms with Crippen molar-refractivity contribution in [1.29, 1.82) is 0 Å². The molecule has 0 aromatic heterocycles. The van der Waals surface area contributed by atoms with Gasteiger partial charge in [0.2, 0.25) is 0 Å². The van der Waals surface area contributed by atoms with E-state index in [0.29, 0.717) is 29.1 Å². The van der Waals surface area contributed by atoms with Gasteiger partial charge in [0.15, 0.2) is 0 Å². The zero-order valence-corrected chi connectivity index (χ0v) is 17.7. The molecular weight excluding hydrogens is 392 g/mol. The number of benzene rings is 3. The molecule has 31 heavy (non-hydrogen) atoms. The molecule has 3 rings (SSSR count). The third kappa shape index (κ3) is 5.99. The molecule has 0 aliphatic carbocycles. The fourth-order valence-electron chi connectivity index (χ4n) is 2.72. The Bertz CT molecular complexity index is 1060. The Kier molecular flexibility index (Phi) is 7.11. The summed E-state index contributed by atoms with van der Waals surface area (Å²) >= 11 is 0. The van der Waals surface area contributed by atoms with Crippen molar-refractivity contribution in [2.75, 3.05) is 30.9 Å². The van der Waals surface area contributed by atoms with E-state index in [-0.39, 0.29) is 5.91 Å². The summed E-state index contributed by atoms with van der Waals surface area (Å²) in [6.45, 7) is 2.05. The number of carbonyl (C=O) groups excluding carboxylic acids is 2. The van der Waals surface area contributed by atoms with Crippen LogP contribution in [-0.2, 0) is 4.74 Å². The van der Waals surface area contributed by atoms with Crippen LogP contribution >= 0.6 is 0 Å². The van der Waals surface area contributed by atoms with Crippen molar-refractivity contribution in [1.82, 2.24) is 0 Å². The van der Waals surface area contributed by atoms with Crippen LogP contribution in [0.1, 0.15) is 27.6 Å². The molecule has 0 aliphatic rings. The fraction of sp³-hybridized carbons (Fsp3) is 0.167. The number of esters is 1. The van der Waals surface area contributed by atoms with Crippen molar-refractivity contribution >= 4 is 34.6 Å². The van der Waals surface area contributed by atoms with Gasteiger partial charge in [-0.15, -0.1) is 0 Å². The van der Waals surface area contributed by atoms with Crippen LogP contribution in [0.2, 0.25) is 0 Å². The minimum Gasteiger partial charge on any atom is -0.462 e. The average molecular weight is 416 g/mol. The van der Waals surface area contributed by atoms with Crippen LogP contribution in [-0.4, -0.2) is 32.6 Å². The van der Waals surface area contributed by atoms with Gasteiger partial charge in [-0.25, -0.2) is 4.79 Å². The predicted octanol–water partition coefficient (Wildman–Crippen LogP) is 5.60. The normalized spacial score (nSPS) is 10.7. The standard InChI is InChI=1S/C24H24N4O3/c1-4-31-24(30)18-7-5-17(6-8-18)23(29)25-19-9-11-20(12-10-19)26-27-21-13-15-22(16-14-21)28(2)3/h5-16H,4H2,1-3H3,(H,25,29). The van der Waals surface area contributed by atoms with E-state index in [4.69, 9.17) is 4.74 Å². The minimum atomic E-state index is -0.409. The van der Waals surface area contributed by atoms with Crippen molar-refractivity contribution in [3.63, 3.8) is 0 Å². The third-order valence-electron chi connectivity index (χ3n) is 4.43. The highest BCUT2D eigenvalue weighted by Crippen LogP contribution is 2.22. The Hall–Kier alpha value is -4.00. The quantitative estimate of drug-likeness (QED) is 0.402. The monoisotopic (exact) mass is 416 g/mol. The largest absolute Gasteiger partial charge is 0.462 e. The van der Waals surface area contributed by atoms with E-state index in [0.717, 1.165) is 11.4 Å². The Morgan fingerprint density at radius 1 is 0.806 bits per heavy atom. The van der Waals surface area contributed by atoms with Crippen LogP contribution in [0.25, 0.3) is 0 Å². The molecule has 0 saturated carbocycles. The predicted molar refractivity (Wildman–Crippen MR) is 122 cm³/mol. The van der Waals surface area contributed by atoms with Crippen molar-refractivity contribution in [3.8, 4) is 0 Å². The summed E-state index contributed by atoms with van der Waals surface area (Å²) in [7, 11) is 3.96. The third-order valence-corrected chi connectivity index (χ3v) is 4.43. The second-order valence-corrected chi connectivity index (χ2v) is 6.91. The van der Waals surface area contributed by atoms with E-state index in [9.17, 15) is 9.59 Å². The van der Waals surface area contributed by atoms with E-state index in [1.807, 2.05) is 43.3 Å². The number of nitrogens with one attached hydrogen (secondary N) is 1. The van der Waals surface area contributed by atoms with Crippen LogP contribution < -0.4 is 10.2 Å². The lowest BCUT2D eigenvalue weighted by Crippen LogP contribution is -2.12. The SMILES string of the molecule is CCOC(=O)c1ccc(C(=O)Nc2ccc(N=Nc3ccc(N(C)C)cc3)cc2)cc1. The minimum absolute atomic E-state index is 0.272. The first kappa shape index (κ1) is 21.7. The lowest BCUT2D eigenvalue weighted by atomic mass is 10.1. The van der Waals surface area contributed by atoms with E-state index in [1.54, 1.807) is 55.5 Å². The summed E-state index contributed by atoms with van der Waals surface area (Å²) in [6, 6.07) is 21.2. The summed E-state index contributed by atoms with van der Waals surface area (Å²) in [5.74, 6) is -0.682. The van der Waals surface area contributed by atoms with Gasteiger partial charge in [-0.2, -0.15) is 10.2 Å². The molecule has 0 aliphatic heterocycles. The number of anilines is 2. The first-order valence-corrected chi connectivity index (χ1v) is 9.84. The van der Waals surface area contributed by atoms with Crippen LogP contribution in [0.5, 0.6) is 0 Å². The zero-order chi connectivity index (χ0) is 22.2. The lowest BCUT2D eigenvalue weighted by Gasteiger charge is -2.11. The van der Waals surface area contributed by atoms with Crippen molar-refractivity contribution in [2.45, 2.75) is 6.92 Å². The van der Waals surface area contributed by atoms with E-state index in [2.05, 4.69) is 15.5 Å². The summed E-state index contributed by atoms with van der Waals surface area (Å²) in [4.78, 5) is 26.1. The lowest BCUT2D eigenvalue weighted by molar-refractivity contribution is 0.0526. The molecule has 0 heterocycles. The van der Waals surface area contributed by atoms with Gasteiger partial charge in [0.25, 0.3) is 5.91 Å². The number of rotatable bonds is 7. The fourth-order valence-corrected chi connectivity index (χ4v) is 2.72. The molecular formula is C24H24N4O3. The molecule has 7 heteroatoms. The molecule has 0 fully saturated rings. The maximum absolute atomic E-state index is 12.4. The van der Waals surface area contributed by atoms with Crippen LogP contribution in [0.15, 0.2) is 83.0 Å². The van der Waals surface area contributed by atoms with E-state index >= 15 is 0 Å². The molecule has 0 saturated heterocycles. The van der Waals surface area contributed by atoms with Gasteiger partial charge >= 0.3 is 5.97 Å². The topological polar surface area (TPSA) is 83.4 Å². The number of ether oxygens (including phenoxy) is 1. The van der Waals surface area contributed by atoms with Gasteiger partial charge in [-0.3, -0.25) is 4.79 Å². The average Bonchev–Trinajstić information content (AvgIpc) is 2.79. The second kappa shape index (κ2) is 10.2. The second-order valence-electron chi connectivity index (χ2n) is 6.91. The number of nitrogens with zero attached hydrogens (tertiary/aromatic N) is 3. The van der Waals surface area contributed by atoms with E-state index < -0.39 is 5.97 Å². The van der Waals surface area contributed by atoms with Crippen LogP contribution in [0, 0.1) is 0 Å². The summed E-state index contributed by atoms with van der Waals surface area (Å²) in [5, 5.41) is 11.3. The number of amides is 1. The molecule has 0 unspecified atom stereocenters. The number of hydrogen-bond donors (Lipinski definition) is 1. The summed E-state index contributed by atoms with van der Waals surface area (Å²) in [6.07, 6.45) is 0. The van der Waals surface area contributed by atoms with Gasteiger partial charge in [-0.05, 0) is 79.7 Å². The van der Waals surface area contributed by atoms with Gasteiger partial charge in [0.1, 0.15) is 0 Å². The van der Waals surface area contributed by atoms with E-state index in [1.165, 1.54) is 0 Å². The Morgan fingerprint density at radius 2 is 1.32 bits per heavy atom. The Morgan fingerprint density at radius 3 is 1.84 bits per heavy atom. The van der Waals surface area contributed by atoms with Crippen LogP contribution in [0.3, 0.4) is 0 Å². The van der Waals surface area contributed by atoms with Gasteiger partial charge in [0, 0.05) is 31.0 Å². The molecule has 1 N–H and O–H groups in total. The zero-order valence-electron chi connectivity index (χ0n) is 17.7. The molecule has 3 aromatic carbocycles. The smallest absolute Gasteiger partial charge is 0.338 e. The maximum Gasteiger partial charge on any atom is 0.338 e. The molecule has 0 bridgehead atoms. The highest BCUT2D eigenvalue weighted by molar-refractivity contribution is 6.04. The highest BCUT2D eigenvalue weighted by Gasteiger charge is 2.10. The van der Waals surface area contributed by atoms with Crippen molar-refractivity contribution in [3.05, 3.63) is 83.9 Å².